The van der Waals surface area contributed by atoms with E-state index in [2.05, 4.69) is 5.32 Å². The van der Waals surface area contributed by atoms with Gasteiger partial charge in [0.05, 0.1) is 6.61 Å². The Labute approximate surface area is 178 Å². The van der Waals surface area contributed by atoms with E-state index in [4.69, 9.17) is 10.5 Å². The minimum absolute atomic E-state index is 0.0972. The second-order valence-electron chi connectivity index (χ2n) is 8.23. The van der Waals surface area contributed by atoms with Gasteiger partial charge in [0.2, 0.25) is 5.91 Å². The number of amides is 3. The van der Waals surface area contributed by atoms with Gasteiger partial charge in [0.25, 0.3) is 18.2 Å². The second kappa shape index (κ2) is 8.88. The Morgan fingerprint density at radius 1 is 1.19 bits per heavy atom. The van der Waals surface area contributed by atoms with E-state index in [1.807, 2.05) is 4.90 Å². The highest BCUT2D eigenvalue weighted by Gasteiger charge is 2.45. The van der Waals surface area contributed by atoms with Gasteiger partial charge < -0.3 is 20.7 Å². The van der Waals surface area contributed by atoms with Crippen LogP contribution < -0.4 is 16.0 Å². The summed E-state index contributed by atoms with van der Waals surface area (Å²) in [6.07, 6.45) is 1.69. The molecule has 0 spiro atoms. The predicted molar refractivity (Wildman–Crippen MR) is 109 cm³/mol. The number of nitrogens with zero attached hydrogens (tertiary/aromatic N) is 2. The van der Waals surface area contributed by atoms with Crippen LogP contribution >= 0.6 is 0 Å². The first-order valence-corrected chi connectivity index (χ1v) is 10.5. The summed E-state index contributed by atoms with van der Waals surface area (Å²) < 4.78 is 32.6. The van der Waals surface area contributed by atoms with Gasteiger partial charge in [-0.1, -0.05) is 6.42 Å². The molecule has 3 amide bonds. The molecule has 1 aliphatic heterocycles. The maximum Gasteiger partial charge on any atom is 0.265 e. The van der Waals surface area contributed by atoms with Crippen molar-refractivity contribution in [2.45, 2.75) is 56.7 Å². The van der Waals surface area contributed by atoms with E-state index in [0.717, 1.165) is 32.1 Å². The van der Waals surface area contributed by atoms with Gasteiger partial charge in [0.15, 0.2) is 6.04 Å². The third kappa shape index (κ3) is 4.54. The Bertz CT molecular complexity index is 873. The van der Waals surface area contributed by atoms with Gasteiger partial charge in [-0.15, -0.1) is 0 Å². The van der Waals surface area contributed by atoms with Crippen molar-refractivity contribution in [3.63, 3.8) is 0 Å². The van der Waals surface area contributed by atoms with Crippen molar-refractivity contribution < 1.29 is 27.9 Å². The van der Waals surface area contributed by atoms with Crippen LogP contribution in [0, 0.1) is 0 Å². The molecule has 1 atom stereocenters. The molecular weight excluding hydrogens is 410 g/mol. The Balaban J connectivity index is 1.57. The number of halogens is 2. The van der Waals surface area contributed by atoms with Gasteiger partial charge in [-0.05, 0) is 43.9 Å². The maximum absolute atomic E-state index is 13.8. The first-order chi connectivity index (χ1) is 14.9. The monoisotopic (exact) mass is 436 g/mol. The highest BCUT2D eigenvalue weighted by Crippen LogP contribution is 2.38. The Hall–Kier alpha value is -2.59. The zero-order chi connectivity index (χ0) is 22.1. The summed E-state index contributed by atoms with van der Waals surface area (Å²) >= 11 is 0. The molecule has 2 aliphatic carbocycles. The van der Waals surface area contributed by atoms with E-state index in [9.17, 15) is 23.2 Å². The second-order valence-corrected chi connectivity index (χ2v) is 8.23. The SMILES string of the molecule is NC(=O)[C@H](C(=O)Nc1ccc(N2CCOCC2=O)cc1C(F)F)N(C1CCC1)C1CC1. The largest absolute Gasteiger partial charge is 0.370 e. The molecular formula is C21H26F2N4O4. The van der Waals surface area contributed by atoms with E-state index in [-0.39, 0.29) is 36.8 Å². The Morgan fingerprint density at radius 3 is 2.45 bits per heavy atom. The van der Waals surface area contributed by atoms with Crippen molar-refractivity contribution in [1.29, 1.82) is 0 Å². The summed E-state index contributed by atoms with van der Waals surface area (Å²) in [4.78, 5) is 40.5. The fourth-order valence-corrected chi connectivity index (χ4v) is 4.19. The molecule has 0 bridgehead atoms. The van der Waals surface area contributed by atoms with Gasteiger partial charge in [-0.3, -0.25) is 19.3 Å². The average Bonchev–Trinajstić information content (AvgIpc) is 3.51. The molecule has 1 heterocycles. The van der Waals surface area contributed by atoms with Crippen LogP contribution in [0.5, 0.6) is 0 Å². The number of nitrogens with one attached hydrogen (secondary N) is 1. The highest BCUT2D eigenvalue weighted by atomic mass is 19.3. The van der Waals surface area contributed by atoms with Crippen molar-refractivity contribution >= 4 is 29.1 Å². The van der Waals surface area contributed by atoms with E-state index >= 15 is 0 Å². The highest BCUT2D eigenvalue weighted by molar-refractivity contribution is 6.10. The molecule has 4 rings (SSSR count). The smallest absolute Gasteiger partial charge is 0.265 e. The van der Waals surface area contributed by atoms with E-state index in [1.165, 1.54) is 23.1 Å². The van der Waals surface area contributed by atoms with Crippen molar-refractivity contribution in [3.05, 3.63) is 23.8 Å². The number of alkyl halides is 2. The van der Waals surface area contributed by atoms with E-state index in [1.54, 1.807) is 0 Å². The lowest BCUT2D eigenvalue weighted by molar-refractivity contribution is -0.135. The fourth-order valence-electron chi connectivity index (χ4n) is 4.19. The topological polar surface area (TPSA) is 105 Å². The number of hydrogen-bond donors (Lipinski definition) is 2. The third-order valence-electron chi connectivity index (χ3n) is 6.11. The standard InChI is InChI=1S/C21H26F2N4O4/c22-19(23)15-10-14(26-8-9-31-11-17(26)28)6-7-16(15)25-21(30)18(20(24)29)27(13-4-5-13)12-2-1-3-12/h6-7,10,12-13,18-19H,1-5,8-9,11H2,(H2,24,29)(H,25,30)/t18-/m1/s1. The van der Waals surface area contributed by atoms with Gasteiger partial charge in [0, 0.05) is 35.6 Å². The minimum atomic E-state index is -2.88. The number of anilines is 2. The van der Waals surface area contributed by atoms with Gasteiger partial charge in [-0.2, -0.15) is 0 Å². The number of nitrogens with two attached hydrogens (primary N) is 1. The number of primary amides is 1. The lowest BCUT2D eigenvalue weighted by Gasteiger charge is -2.41. The average molecular weight is 436 g/mol. The first-order valence-electron chi connectivity index (χ1n) is 10.5. The van der Waals surface area contributed by atoms with Crippen LogP contribution in [-0.2, 0) is 19.1 Å². The van der Waals surface area contributed by atoms with Crippen LogP contribution in [0.25, 0.3) is 0 Å². The molecule has 10 heteroatoms. The molecule has 1 aromatic rings. The molecule has 3 aliphatic rings. The van der Waals surface area contributed by atoms with Crippen molar-refractivity contribution in [1.82, 2.24) is 4.90 Å². The summed E-state index contributed by atoms with van der Waals surface area (Å²) in [5.41, 5.74) is 5.35. The van der Waals surface area contributed by atoms with Crippen molar-refractivity contribution in [2.75, 3.05) is 30.0 Å². The first kappa shape index (κ1) is 21.6. The molecule has 31 heavy (non-hydrogen) atoms. The Kier molecular flexibility index (Phi) is 6.19. The number of morpholine rings is 1. The fraction of sp³-hybridized carbons (Fsp3) is 0.571. The lowest BCUT2D eigenvalue weighted by Crippen LogP contribution is -2.58. The molecule has 1 aromatic carbocycles. The van der Waals surface area contributed by atoms with E-state index in [0.29, 0.717) is 12.3 Å². The van der Waals surface area contributed by atoms with Crippen LogP contribution in [-0.4, -0.2) is 60.5 Å². The number of carbonyl (C=O) groups excluding carboxylic acids is 3. The van der Waals surface area contributed by atoms with Crippen LogP contribution in [0.2, 0.25) is 0 Å². The van der Waals surface area contributed by atoms with Gasteiger partial charge >= 0.3 is 0 Å². The molecule has 3 fully saturated rings. The van der Waals surface area contributed by atoms with Crippen LogP contribution in [0.3, 0.4) is 0 Å². The zero-order valence-electron chi connectivity index (χ0n) is 17.1. The van der Waals surface area contributed by atoms with Crippen molar-refractivity contribution in [3.8, 4) is 0 Å². The van der Waals surface area contributed by atoms with E-state index < -0.39 is 29.8 Å². The number of benzene rings is 1. The number of hydrogen-bond acceptors (Lipinski definition) is 5. The quantitative estimate of drug-likeness (QED) is 0.605. The number of carbonyl (C=O) groups is 3. The molecule has 168 valence electrons. The summed E-state index contributed by atoms with van der Waals surface area (Å²) in [6.45, 7) is 0.461. The summed E-state index contributed by atoms with van der Waals surface area (Å²) in [5, 5.41) is 2.49. The van der Waals surface area contributed by atoms with Crippen LogP contribution in [0.15, 0.2) is 18.2 Å². The maximum atomic E-state index is 13.8. The van der Waals surface area contributed by atoms with Crippen LogP contribution in [0.1, 0.15) is 44.1 Å². The Morgan fingerprint density at radius 2 is 1.90 bits per heavy atom. The zero-order valence-corrected chi connectivity index (χ0v) is 17.1. The summed E-state index contributed by atoms with van der Waals surface area (Å²) in [5.74, 6) is -1.81. The van der Waals surface area contributed by atoms with Crippen LogP contribution in [0.4, 0.5) is 20.2 Å². The number of rotatable bonds is 8. The molecule has 0 radical (unpaired) electrons. The van der Waals surface area contributed by atoms with Crippen molar-refractivity contribution in [2.24, 2.45) is 5.73 Å². The van der Waals surface area contributed by atoms with Gasteiger partial charge in [0.1, 0.15) is 6.61 Å². The molecule has 8 nitrogen and oxygen atoms in total. The predicted octanol–water partition coefficient (Wildman–Crippen LogP) is 1.80. The number of ether oxygens (including phenoxy) is 1. The summed E-state index contributed by atoms with van der Waals surface area (Å²) in [7, 11) is 0. The third-order valence-corrected chi connectivity index (χ3v) is 6.11. The molecule has 1 saturated heterocycles. The minimum Gasteiger partial charge on any atom is -0.370 e. The summed E-state index contributed by atoms with van der Waals surface area (Å²) in [6, 6.07) is 3.05. The molecule has 0 aromatic heterocycles. The molecule has 3 N–H and O–H groups in total. The molecule has 2 saturated carbocycles. The lowest BCUT2D eigenvalue weighted by atomic mass is 9.89. The normalized spacial score (nSPS) is 20.6. The van der Waals surface area contributed by atoms with Gasteiger partial charge in [-0.25, -0.2) is 8.78 Å². The molecule has 0 unspecified atom stereocenters.